The van der Waals surface area contributed by atoms with E-state index in [9.17, 15) is 4.79 Å². The Morgan fingerprint density at radius 2 is 2.75 bits per heavy atom. The summed E-state index contributed by atoms with van der Waals surface area (Å²) in [5.41, 5.74) is 0. The third-order valence-electron chi connectivity index (χ3n) is 0.562. The van der Waals surface area contributed by atoms with Crippen molar-refractivity contribution in [3.05, 3.63) is 6.20 Å². The van der Waals surface area contributed by atoms with E-state index in [1.54, 1.807) is 0 Å². The van der Waals surface area contributed by atoms with Gasteiger partial charge in [-0.2, -0.15) is 0 Å². The van der Waals surface area contributed by atoms with Gasteiger partial charge in [0.25, 0.3) is 5.88 Å². The second-order valence-corrected chi connectivity index (χ2v) is 1.04. The fraction of sp³-hybridized carbons (Fsp3) is 0. The van der Waals surface area contributed by atoms with Gasteiger partial charge in [-0.05, 0) is 0 Å². The first-order chi connectivity index (χ1) is 3.93. The predicted octanol–water partition coefficient (Wildman–Crippen LogP) is -0.362. The summed E-state index contributed by atoms with van der Waals surface area (Å²) in [6.07, 6.45) is 1.79. The normalized spacial score (nSPS) is 8.50. The van der Waals surface area contributed by atoms with E-state index in [0.717, 1.165) is 0 Å². The van der Waals surface area contributed by atoms with Crippen molar-refractivity contribution >= 4 is 12.3 Å². The molecular formula is C3H3N3O2. The van der Waals surface area contributed by atoms with Crippen molar-refractivity contribution in [2.75, 3.05) is 5.32 Å². The number of nitrogens with one attached hydrogen (secondary N) is 1. The number of hydrogen-bond donors (Lipinski definition) is 1. The number of nitrogens with zero attached hydrogens (tertiary/aromatic N) is 2. The molecule has 0 bridgehead atoms. The maximum absolute atomic E-state index is 9.65. The molecule has 0 radical (unpaired) electrons. The molecule has 0 atom stereocenters. The lowest BCUT2D eigenvalue weighted by molar-refractivity contribution is -0.105. The zero-order valence-corrected chi connectivity index (χ0v) is 3.87. The molecule has 0 saturated carbocycles. The van der Waals surface area contributed by atoms with Gasteiger partial charge < -0.3 is 4.52 Å². The highest BCUT2D eigenvalue weighted by Gasteiger charge is 1.90. The van der Waals surface area contributed by atoms with Crippen molar-refractivity contribution in [1.82, 2.24) is 10.4 Å². The molecule has 0 fully saturated rings. The predicted molar refractivity (Wildman–Crippen MR) is 24.0 cm³/mol. The van der Waals surface area contributed by atoms with Gasteiger partial charge in [-0.25, -0.2) is 0 Å². The Morgan fingerprint density at radius 3 is 3.25 bits per heavy atom. The SMILES string of the molecule is O=CNc1cnno1. The van der Waals surface area contributed by atoms with Gasteiger partial charge in [-0.1, -0.05) is 0 Å². The van der Waals surface area contributed by atoms with Crippen molar-refractivity contribution in [2.45, 2.75) is 0 Å². The maximum atomic E-state index is 9.65. The van der Waals surface area contributed by atoms with Gasteiger partial charge in [0.05, 0.1) is 0 Å². The summed E-state index contributed by atoms with van der Waals surface area (Å²) in [6.45, 7) is 0. The first-order valence-corrected chi connectivity index (χ1v) is 1.91. The first-order valence-electron chi connectivity index (χ1n) is 1.91. The summed E-state index contributed by atoms with van der Waals surface area (Å²) < 4.78 is 4.37. The fourth-order valence-electron chi connectivity index (χ4n) is 0.289. The minimum absolute atomic E-state index is 0.250. The summed E-state index contributed by atoms with van der Waals surface area (Å²) >= 11 is 0. The molecule has 1 aromatic rings. The van der Waals surface area contributed by atoms with Crippen LogP contribution in [0.4, 0.5) is 5.88 Å². The smallest absolute Gasteiger partial charge is 0.251 e. The largest absolute Gasteiger partial charge is 0.319 e. The number of aromatic nitrogens is 2. The summed E-state index contributed by atoms with van der Waals surface area (Å²) in [6, 6.07) is 0. The lowest BCUT2D eigenvalue weighted by Gasteiger charge is -1.80. The molecule has 42 valence electrons. The van der Waals surface area contributed by atoms with Gasteiger partial charge in [0.2, 0.25) is 6.41 Å². The van der Waals surface area contributed by atoms with Crippen molar-refractivity contribution in [3.8, 4) is 0 Å². The standard InChI is InChI=1S/C3H3N3O2/c7-2-4-3-1-5-6-8-3/h1-2H,(H,4,7). The van der Waals surface area contributed by atoms with Gasteiger partial charge in [-0.3, -0.25) is 10.1 Å². The second kappa shape index (κ2) is 2.06. The monoisotopic (exact) mass is 113 g/mol. The Morgan fingerprint density at radius 1 is 1.88 bits per heavy atom. The lowest BCUT2D eigenvalue weighted by atomic mass is 10.8. The minimum Gasteiger partial charge on any atom is -0.319 e. The molecule has 0 spiro atoms. The van der Waals surface area contributed by atoms with Gasteiger partial charge in [-0.15, -0.1) is 5.10 Å². The van der Waals surface area contributed by atoms with Crippen LogP contribution in [0.2, 0.25) is 0 Å². The van der Waals surface area contributed by atoms with Crippen LogP contribution in [-0.4, -0.2) is 16.8 Å². The lowest BCUT2D eigenvalue weighted by Crippen LogP contribution is -1.89. The van der Waals surface area contributed by atoms with E-state index in [4.69, 9.17) is 0 Å². The average Bonchev–Trinajstić information content (AvgIpc) is 2.19. The molecule has 0 aliphatic heterocycles. The van der Waals surface area contributed by atoms with Crippen LogP contribution in [0.25, 0.3) is 0 Å². The third-order valence-corrected chi connectivity index (χ3v) is 0.562. The first kappa shape index (κ1) is 4.76. The van der Waals surface area contributed by atoms with Crippen LogP contribution in [0.3, 0.4) is 0 Å². The van der Waals surface area contributed by atoms with Crippen molar-refractivity contribution in [1.29, 1.82) is 0 Å². The molecule has 0 aromatic carbocycles. The molecule has 0 saturated heterocycles. The van der Waals surface area contributed by atoms with Gasteiger partial charge >= 0.3 is 0 Å². The van der Waals surface area contributed by atoms with Crippen LogP contribution in [0.15, 0.2) is 10.7 Å². The Bertz CT molecular complexity index is 159. The van der Waals surface area contributed by atoms with Gasteiger partial charge in [0.15, 0.2) is 0 Å². The molecule has 5 nitrogen and oxygen atoms in total. The number of rotatable bonds is 2. The van der Waals surface area contributed by atoms with Crippen LogP contribution >= 0.6 is 0 Å². The van der Waals surface area contributed by atoms with E-state index in [1.807, 2.05) is 0 Å². The van der Waals surface area contributed by atoms with E-state index in [-0.39, 0.29) is 5.88 Å². The second-order valence-electron chi connectivity index (χ2n) is 1.04. The van der Waals surface area contributed by atoms with Crippen LogP contribution in [0, 0.1) is 0 Å². The summed E-state index contributed by atoms with van der Waals surface area (Å²) in [7, 11) is 0. The molecular weight excluding hydrogens is 110 g/mol. The minimum atomic E-state index is 0.250. The van der Waals surface area contributed by atoms with E-state index >= 15 is 0 Å². The molecule has 1 aromatic heterocycles. The quantitative estimate of drug-likeness (QED) is 0.531. The van der Waals surface area contributed by atoms with E-state index < -0.39 is 0 Å². The van der Waals surface area contributed by atoms with Gasteiger partial charge in [0.1, 0.15) is 6.20 Å². The van der Waals surface area contributed by atoms with Crippen LogP contribution in [-0.2, 0) is 4.79 Å². The topological polar surface area (TPSA) is 68.0 Å². The van der Waals surface area contributed by atoms with Crippen molar-refractivity contribution in [3.63, 3.8) is 0 Å². The number of amides is 1. The third kappa shape index (κ3) is 0.810. The highest BCUT2D eigenvalue weighted by atomic mass is 16.5. The van der Waals surface area contributed by atoms with Gasteiger partial charge in [0, 0.05) is 5.27 Å². The molecule has 8 heavy (non-hydrogen) atoms. The molecule has 1 heterocycles. The summed E-state index contributed by atoms with van der Waals surface area (Å²) in [4.78, 5) is 9.65. The zero-order chi connectivity index (χ0) is 5.82. The van der Waals surface area contributed by atoms with Crippen molar-refractivity contribution in [2.24, 2.45) is 0 Å². The zero-order valence-electron chi connectivity index (χ0n) is 3.87. The Labute approximate surface area is 44.7 Å². The molecule has 0 aliphatic rings. The highest BCUT2D eigenvalue weighted by molar-refractivity contribution is 5.66. The molecule has 1 N–H and O–H groups in total. The highest BCUT2D eigenvalue weighted by Crippen LogP contribution is 1.96. The Kier molecular flexibility index (Phi) is 1.23. The number of hydrogen-bond acceptors (Lipinski definition) is 4. The van der Waals surface area contributed by atoms with Crippen molar-refractivity contribution < 1.29 is 9.32 Å². The van der Waals surface area contributed by atoms with Crippen LogP contribution in [0.1, 0.15) is 0 Å². The fourth-order valence-corrected chi connectivity index (χ4v) is 0.289. The summed E-state index contributed by atoms with van der Waals surface area (Å²) in [5.74, 6) is 0.250. The molecule has 1 rings (SSSR count). The van der Waals surface area contributed by atoms with E-state index in [2.05, 4.69) is 20.2 Å². The molecule has 5 heteroatoms. The van der Waals surface area contributed by atoms with Crippen LogP contribution in [0.5, 0.6) is 0 Å². The Balaban J connectivity index is 2.62. The summed E-state index contributed by atoms with van der Waals surface area (Å²) in [5, 5.41) is 8.61. The van der Waals surface area contributed by atoms with Crippen LogP contribution < -0.4 is 5.32 Å². The van der Waals surface area contributed by atoms with E-state index in [1.165, 1.54) is 6.20 Å². The van der Waals surface area contributed by atoms with E-state index in [0.29, 0.717) is 6.41 Å². The number of anilines is 1. The number of carbonyl (C=O) groups excluding carboxylic acids is 1. The molecule has 0 unspecified atom stereocenters. The molecule has 1 amide bonds. The average molecular weight is 113 g/mol. The number of carbonyl (C=O) groups is 1. The Hall–Kier alpha value is -1.39. The maximum Gasteiger partial charge on any atom is 0.251 e. The molecule has 0 aliphatic carbocycles.